The van der Waals surface area contributed by atoms with Gasteiger partial charge in [-0.05, 0) is 26.7 Å². The first-order chi connectivity index (χ1) is 7.22. The predicted molar refractivity (Wildman–Crippen MR) is 57.4 cm³/mol. The molecule has 0 saturated carbocycles. The maximum absolute atomic E-state index is 8.63. The molecule has 15 heavy (non-hydrogen) atoms. The van der Waals surface area contributed by atoms with E-state index in [2.05, 4.69) is 28.7 Å². The second-order valence-corrected chi connectivity index (χ2v) is 4.05. The van der Waals surface area contributed by atoms with E-state index >= 15 is 0 Å². The lowest BCUT2D eigenvalue weighted by Gasteiger charge is -2.26. The Kier molecular flexibility index (Phi) is 2.55. The summed E-state index contributed by atoms with van der Waals surface area (Å²) in [5.41, 5.74) is 0.373. The van der Waals surface area contributed by atoms with Gasteiger partial charge in [0.05, 0.1) is 12.4 Å². The van der Waals surface area contributed by atoms with Crippen LogP contribution in [0.5, 0.6) is 0 Å². The lowest BCUT2D eigenvalue weighted by atomic mass is 10.2. The fourth-order valence-corrected chi connectivity index (χ4v) is 2.16. The molecule has 2 heterocycles. The fraction of sp³-hybridized carbons (Fsp3) is 0.545. The minimum atomic E-state index is 0.373. The molecular formula is C11H14N4. The highest BCUT2D eigenvalue weighted by Gasteiger charge is 2.28. The average molecular weight is 202 g/mol. The molecule has 1 aromatic rings. The van der Waals surface area contributed by atoms with Gasteiger partial charge in [0, 0.05) is 12.1 Å². The second-order valence-electron chi connectivity index (χ2n) is 4.05. The zero-order chi connectivity index (χ0) is 10.8. The maximum atomic E-state index is 8.63. The monoisotopic (exact) mass is 202 g/mol. The fourth-order valence-electron chi connectivity index (χ4n) is 2.16. The highest BCUT2D eigenvalue weighted by atomic mass is 15.3. The molecule has 1 saturated heterocycles. The molecule has 1 aliphatic rings. The molecule has 2 unspecified atom stereocenters. The standard InChI is InChI=1S/C11H14N4/c1-8-3-4-9(2)15(8)11-7-13-10(5-12)6-14-11/h6-9H,3-4H2,1-2H3. The number of aromatic nitrogens is 2. The van der Waals surface area contributed by atoms with Gasteiger partial charge in [-0.3, -0.25) is 0 Å². The SMILES string of the molecule is CC1CCC(C)N1c1cnc(C#N)cn1. The quantitative estimate of drug-likeness (QED) is 0.695. The Bertz CT molecular complexity index is 369. The van der Waals surface area contributed by atoms with Crippen LogP contribution in [0.2, 0.25) is 0 Å². The summed E-state index contributed by atoms with van der Waals surface area (Å²) >= 11 is 0. The van der Waals surface area contributed by atoms with Gasteiger partial charge in [-0.15, -0.1) is 0 Å². The van der Waals surface area contributed by atoms with Crippen LogP contribution in [-0.4, -0.2) is 22.1 Å². The van der Waals surface area contributed by atoms with Crippen LogP contribution >= 0.6 is 0 Å². The molecule has 0 bridgehead atoms. The van der Waals surface area contributed by atoms with Gasteiger partial charge in [-0.25, -0.2) is 9.97 Å². The van der Waals surface area contributed by atoms with E-state index in [4.69, 9.17) is 5.26 Å². The van der Waals surface area contributed by atoms with Crippen LogP contribution in [0.25, 0.3) is 0 Å². The molecule has 4 heteroatoms. The van der Waals surface area contributed by atoms with E-state index in [9.17, 15) is 0 Å². The van der Waals surface area contributed by atoms with Crippen LogP contribution in [0.1, 0.15) is 32.4 Å². The van der Waals surface area contributed by atoms with Crippen LogP contribution in [0.15, 0.2) is 12.4 Å². The molecule has 2 rings (SSSR count). The first-order valence-electron chi connectivity index (χ1n) is 5.23. The first kappa shape index (κ1) is 9.91. The van der Waals surface area contributed by atoms with Crippen LogP contribution in [0.4, 0.5) is 5.82 Å². The Labute approximate surface area is 89.6 Å². The normalized spacial score (nSPS) is 25.3. The Balaban J connectivity index is 2.26. The molecular weight excluding hydrogens is 188 g/mol. The van der Waals surface area contributed by atoms with Crippen molar-refractivity contribution >= 4 is 5.82 Å². The van der Waals surface area contributed by atoms with Gasteiger partial charge in [0.25, 0.3) is 0 Å². The van der Waals surface area contributed by atoms with Gasteiger partial charge in [-0.2, -0.15) is 5.26 Å². The van der Waals surface area contributed by atoms with E-state index < -0.39 is 0 Å². The van der Waals surface area contributed by atoms with Gasteiger partial charge in [0.15, 0.2) is 5.69 Å². The summed E-state index contributed by atoms with van der Waals surface area (Å²) in [6.45, 7) is 4.40. The van der Waals surface area contributed by atoms with Crippen molar-refractivity contribution in [3.63, 3.8) is 0 Å². The lowest BCUT2D eigenvalue weighted by Crippen LogP contribution is -2.33. The van der Waals surface area contributed by atoms with Crippen molar-refractivity contribution in [2.24, 2.45) is 0 Å². The minimum absolute atomic E-state index is 0.373. The van der Waals surface area contributed by atoms with E-state index in [1.807, 2.05) is 6.07 Å². The summed E-state index contributed by atoms with van der Waals surface area (Å²) in [5.74, 6) is 0.881. The van der Waals surface area contributed by atoms with Crippen LogP contribution in [-0.2, 0) is 0 Å². The van der Waals surface area contributed by atoms with Gasteiger partial charge in [0.2, 0.25) is 0 Å². The van der Waals surface area contributed by atoms with E-state index in [1.54, 1.807) is 6.20 Å². The average Bonchev–Trinajstić information content (AvgIpc) is 2.59. The van der Waals surface area contributed by atoms with Crippen LogP contribution < -0.4 is 4.90 Å². The van der Waals surface area contributed by atoms with Crippen LogP contribution in [0, 0.1) is 11.3 Å². The molecule has 1 aromatic heterocycles. The van der Waals surface area contributed by atoms with Crippen molar-refractivity contribution in [3.8, 4) is 6.07 Å². The Morgan fingerprint density at radius 1 is 1.27 bits per heavy atom. The van der Waals surface area contributed by atoms with Crippen molar-refractivity contribution in [2.45, 2.75) is 38.8 Å². The summed E-state index contributed by atoms with van der Waals surface area (Å²) in [5, 5.41) is 8.63. The zero-order valence-electron chi connectivity index (χ0n) is 9.01. The smallest absolute Gasteiger partial charge is 0.158 e. The summed E-state index contributed by atoms with van der Waals surface area (Å²) in [6.07, 6.45) is 5.62. The highest BCUT2D eigenvalue weighted by Crippen LogP contribution is 2.27. The molecule has 78 valence electrons. The Morgan fingerprint density at radius 3 is 2.40 bits per heavy atom. The number of hydrogen-bond acceptors (Lipinski definition) is 4. The molecule has 0 amide bonds. The molecule has 1 fully saturated rings. The molecule has 0 radical (unpaired) electrons. The Hall–Kier alpha value is -1.63. The molecule has 0 aromatic carbocycles. The molecule has 4 nitrogen and oxygen atoms in total. The topological polar surface area (TPSA) is 52.8 Å². The van der Waals surface area contributed by atoms with Crippen molar-refractivity contribution in [1.29, 1.82) is 5.26 Å². The van der Waals surface area contributed by atoms with E-state index in [0.29, 0.717) is 17.8 Å². The number of hydrogen-bond donors (Lipinski definition) is 0. The van der Waals surface area contributed by atoms with Crippen LogP contribution in [0.3, 0.4) is 0 Å². The van der Waals surface area contributed by atoms with Gasteiger partial charge < -0.3 is 4.90 Å². The van der Waals surface area contributed by atoms with E-state index in [0.717, 1.165) is 5.82 Å². The summed E-state index contributed by atoms with van der Waals surface area (Å²) in [7, 11) is 0. The zero-order valence-corrected chi connectivity index (χ0v) is 9.01. The van der Waals surface area contributed by atoms with E-state index in [1.165, 1.54) is 19.0 Å². The Morgan fingerprint density at radius 2 is 1.93 bits per heavy atom. The van der Waals surface area contributed by atoms with Crippen molar-refractivity contribution < 1.29 is 0 Å². The van der Waals surface area contributed by atoms with Gasteiger partial charge in [-0.1, -0.05) is 0 Å². The second kappa shape index (κ2) is 3.85. The largest absolute Gasteiger partial charge is 0.350 e. The van der Waals surface area contributed by atoms with E-state index in [-0.39, 0.29) is 0 Å². The molecule has 2 atom stereocenters. The van der Waals surface area contributed by atoms with Crippen molar-refractivity contribution in [1.82, 2.24) is 9.97 Å². The summed E-state index contributed by atoms with van der Waals surface area (Å²) in [4.78, 5) is 10.6. The lowest BCUT2D eigenvalue weighted by molar-refractivity contribution is 0.681. The number of rotatable bonds is 1. The number of nitriles is 1. The third-order valence-electron chi connectivity index (χ3n) is 2.97. The first-order valence-corrected chi connectivity index (χ1v) is 5.23. The van der Waals surface area contributed by atoms with Crippen molar-refractivity contribution in [3.05, 3.63) is 18.1 Å². The predicted octanol–water partition coefficient (Wildman–Crippen LogP) is 1.73. The minimum Gasteiger partial charge on any atom is -0.350 e. The van der Waals surface area contributed by atoms with Gasteiger partial charge >= 0.3 is 0 Å². The number of nitrogens with zero attached hydrogens (tertiary/aromatic N) is 4. The molecule has 0 spiro atoms. The number of anilines is 1. The van der Waals surface area contributed by atoms with Gasteiger partial charge in [0.1, 0.15) is 11.9 Å². The summed E-state index contributed by atoms with van der Waals surface area (Å²) < 4.78 is 0. The third-order valence-corrected chi connectivity index (χ3v) is 2.97. The van der Waals surface area contributed by atoms with Crippen molar-refractivity contribution in [2.75, 3.05) is 4.90 Å². The maximum Gasteiger partial charge on any atom is 0.158 e. The third kappa shape index (κ3) is 1.78. The summed E-state index contributed by atoms with van der Waals surface area (Å²) in [6, 6.07) is 3.01. The molecule has 1 aliphatic heterocycles. The highest BCUT2D eigenvalue weighted by molar-refractivity contribution is 5.41. The molecule has 0 aliphatic carbocycles. The molecule has 0 N–H and O–H groups in total.